The van der Waals surface area contributed by atoms with Crippen molar-refractivity contribution in [2.75, 3.05) is 13.2 Å². The van der Waals surface area contributed by atoms with Crippen LogP contribution in [0.1, 0.15) is 37.8 Å². The normalized spacial score (nSPS) is 13.7. The Kier molecular flexibility index (Phi) is 6.02. The molecule has 0 aliphatic heterocycles. The Morgan fingerprint density at radius 2 is 2.10 bits per heavy atom. The van der Waals surface area contributed by atoms with E-state index >= 15 is 0 Å². The van der Waals surface area contributed by atoms with E-state index in [-0.39, 0.29) is 24.7 Å². The predicted octanol–water partition coefficient (Wildman–Crippen LogP) is 2.35. The monoisotopic (exact) mass is 279 g/mol. The number of hydrogen-bond donors (Lipinski definition) is 2. The van der Waals surface area contributed by atoms with Crippen LogP contribution in [0.3, 0.4) is 0 Å². The van der Waals surface area contributed by atoms with Gasteiger partial charge in [-0.15, -0.1) is 0 Å². The van der Waals surface area contributed by atoms with Crippen molar-refractivity contribution in [2.24, 2.45) is 0 Å². The van der Waals surface area contributed by atoms with E-state index in [2.05, 4.69) is 5.32 Å². The number of ether oxygens (including phenoxy) is 1. The van der Waals surface area contributed by atoms with Crippen molar-refractivity contribution >= 4 is 5.91 Å². The molecule has 4 nitrogen and oxygen atoms in total. The lowest BCUT2D eigenvalue weighted by molar-refractivity contribution is -0.125. The highest BCUT2D eigenvalue weighted by atomic mass is 16.5. The highest BCUT2D eigenvalue weighted by Crippen LogP contribution is 2.19. The number of aliphatic hydroxyl groups excluding tert-OH is 1. The van der Waals surface area contributed by atoms with Gasteiger partial charge in [-0.3, -0.25) is 4.79 Å². The van der Waals surface area contributed by atoms with Crippen LogP contribution in [0, 0.1) is 13.8 Å². The minimum Gasteiger partial charge on any atom is -0.483 e. The molecule has 0 bridgehead atoms. The largest absolute Gasteiger partial charge is 0.483 e. The van der Waals surface area contributed by atoms with E-state index in [1.165, 1.54) is 0 Å². The van der Waals surface area contributed by atoms with Crippen molar-refractivity contribution in [3.05, 3.63) is 29.3 Å². The summed E-state index contributed by atoms with van der Waals surface area (Å²) in [6.07, 6.45) is 1.31. The third-order valence-corrected chi connectivity index (χ3v) is 3.59. The molecule has 0 aliphatic rings. The number of aliphatic hydroxyl groups is 1. The van der Waals surface area contributed by atoms with Gasteiger partial charge >= 0.3 is 0 Å². The topological polar surface area (TPSA) is 58.6 Å². The first kappa shape index (κ1) is 16.5. The van der Waals surface area contributed by atoms with Crippen LogP contribution in [0.5, 0.6) is 5.75 Å². The molecule has 1 unspecified atom stereocenters. The molecule has 0 radical (unpaired) electrons. The first-order valence-electron chi connectivity index (χ1n) is 7.02. The van der Waals surface area contributed by atoms with E-state index in [4.69, 9.17) is 9.84 Å². The summed E-state index contributed by atoms with van der Waals surface area (Å²) in [5.41, 5.74) is 1.73. The van der Waals surface area contributed by atoms with E-state index in [9.17, 15) is 4.79 Å². The molecule has 1 aromatic rings. The van der Waals surface area contributed by atoms with Crippen LogP contribution >= 0.6 is 0 Å². The Balaban J connectivity index is 2.57. The molecule has 0 aromatic heterocycles. The Labute approximate surface area is 121 Å². The molecule has 20 heavy (non-hydrogen) atoms. The van der Waals surface area contributed by atoms with E-state index in [0.29, 0.717) is 6.42 Å². The Bertz CT molecular complexity index is 459. The van der Waals surface area contributed by atoms with Crippen LogP contribution in [0.2, 0.25) is 0 Å². The summed E-state index contributed by atoms with van der Waals surface area (Å²) in [5.74, 6) is 0.573. The fourth-order valence-electron chi connectivity index (χ4n) is 1.95. The molecule has 2 N–H and O–H groups in total. The molecule has 4 heteroatoms. The van der Waals surface area contributed by atoms with E-state index in [1.54, 1.807) is 0 Å². The molecule has 1 rings (SSSR count). The molecule has 0 saturated carbocycles. The zero-order valence-electron chi connectivity index (χ0n) is 12.8. The smallest absolute Gasteiger partial charge is 0.258 e. The molecule has 0 saturated heterocycles. The zero-order chi connectivity index (χ0) is 15.2. The molecule has 0 aliphatic carbocycles. The molecular formula is C16H25NO3. The average molecular weight is 279 g/mol. The van der Waals surface area contributed by atoms with Crippen molar-refractivity contribution in [1.29, 1.82) is 0 Å². The van der Waals surface area contributed by atoms with Gasteiger partial charge < -0.3 is 15.2 Å². The van der Waals surface area contributed by atoms with Crippen LogP contribution < -0.4 is 10.1 Å². The van der Waals surface area contributed by atoms with Crippen molar-refractivity contribution in [3.8, 4) is 5.75 Å². The van der Waals surface area contributed by atoms with Crippen LogP contribution in [0.25, 0.3) is 0 Å². The van der Waals surface area contributed by atoms with Crippen LogP contribution in [-0.2, 0) is 4.79 Å². The summed E-state index contributed by atoms with van der Waals surface area (Å²) >= 11 is 0. The third kappa shape index (κ3) is 4.85. The summed E-state index contributed by atoms with van der Waals surface area (Å²) < 4.78 is 5.57. The van der Waals surface area contributed by atoms with Gasteiger partial charge in [0.15, 0.2) is 6.61 Å². The molecule has 1 amide bonds. The third-order valence-electron chi connectivity index (χ3n) is 3.59. The number of benzene rings is 1. The second kappa shape index (κ2) is 7.29. The molecule has 1 atom stereocenters. The fourth-order valence-corrected chi connectivity index (χ4v) is 1.95. The molecule has 0 spiro atoms. The van der Waals surface area contributed by atoms with Gasteiger partial charge in [0.2, 0.25) is 0 Å². The van der Waals surface area contributed by atoms with Crippen LogP contribution in [0.15, 0.2) is 18.2 Å². The summed E-state index contributed by atoms with van der Waals surface area (Å²) in [7, 11) is 0. The number of hydrogen-bond acceptors (Lipinski definition) is 3. The van der Waals surface area contributed by atoms with Crippen LogP contribution in [-0.4, -0.2) is 29.8 Å². The minimum absolute atomic E-state index is 0.00862. The summed E-state index contributed by atoms with van der Waals surface area (Å²) in [6, 6.07) is 5.91. The lowest BCUT2D eigenvalue weighted by atomic mass is 9.95. The van der Waals surface area contributed by atoms with E-state index in [1.807, 2.05) is 45.9 Å². The first-order valence-corrected chi connectivity index (χ1v) is 7.02. The summed E-state index contributed by atoms with van der Waals surface area (Å²) in [6.45, 7) is 7.91. The number of carbonyl (C=O) groups excluding carboxylic acids is 1. The van der Waals surface area contributed by atoms with Gasteiger partial charge in [-0.2, -0.15) is 0 Å². The van der Waals surface area contributed by atoms with Gasteiger partial charge in [0, 0.05) is 12.1 Å². The van der Waals surface area contributed by atoms with Crippen molar-refractivity contribution in [1.82, 2.24) is 5.32 Å². The molecule has 0 heterocycles. The number of carbonyl (C=O) groups is 1. The van der Waals surface area contributed by atoms with Gasteiger partial charge in [0.05, 0.1) is 0 Å². The second-order valence-electron chi connectivity index (χ2n) is 5.49. The number of nitrogens with one attached hydrogen (secondary N) is 1. The SMILES string of the molecule is CCC(C)(CCO)NC(=O)COc1cc(C)ccc1C. The van der Waals surface area contributed by atoms with Crippen LogP contribution in [0.4, 0.5) is 0 Å². The predicted molar refractivity (Wildman–Crippen MR) is 80.0 cm³/mol. The standard InChI is InChI=1S/C16H25NO3/c1-5-16(4,8-9-18)17-15(19)11-20-14-10-12(2)6-7-13(14)3/h6-7,10,18H,5,8-9,11H2,1-4H3,(H,17,19). The van der Waals surface area contributed by atoms with Crippen molar-refractivity contribution in [2.45, 2.75) is 46.1 Å². The number of amides is 1. The average Bonchev–Trinajstić information content (AvgIpc) is 2.40. The van der Waals surface area contributed by atoms with Crippen molar-refractivity contribution in [3.63, 3.8) is 0 Å². The zero-order valence-corrected chi connectivity index (χ0v) is 12.8. The number of rotatable bonds is 7. The van der Waals surface area contributed by atoms with Gasteiger partial charge in [-0.1, -0.05) is 19.1 Å². The summed E-state index contributed by atoms with van der Waals surface area (Å²) in [4.78, 5) is 11.9. The fraction of sp³-hybridized carbons (Fsp3) is 0.562. The maximum Gasteiger partial charge on any atom is 0.258 e. The Morgan fingerprint density at radius 3 is 2.70 bits per heavy atom. The maximum atomic E-state index is 11.9. The highest BCUT2D eigenvalue weighted by molar-refractivity contribution is 5.78. The summed E-state index contributed by atoms with van der Waals surface area (Å²) in [5, 5.41) is 12.0. The molecule has 1 aromatic carbocycles. The number of aryl methyl sites for hydroxylation is 2. The quantitative estimate of drug-likeness (QED) is 0.805. The van der Waals surface area contributed by atoms with Gasteiger partial charge in [-0.25, -0.2) is 0 Å². The van der Waals surface area contributed by atoms with Crippen molar-refractivity contribution < 1.29 is 14.6 Å². The molecule has 0 fully saturated rings. The minimum atomic E-state index is -0.378. The second-order valence-corrected chi connectivity index (χ2v) is 5.49. The maximum absolute atomic E-state index is 11.9. The highest BCUT2D eigenvalue weighted by Gasteiger charge is 2.23. The molecular weight excluding hydrogens is 254 g/mol. The van der Waals surface area contributed by atoms with Gasteiger partial charge in [0.25, 0.3) is 5.91 Å². The lowest BCUT2D eigenvalue weighted by Crippen LogP contribution is -2.47. The van der Waals surface area contributed by atoms with E-state index < -0.39 is 0 Å². The lowest BCUT2D eigenvalue weighted by Gasteiger charge is -2.29. The Morgan fingerprint density at radius 1 is 1.40 bits per heavy atom. The molecule has 112 valence electrons. The van der Waals surface area contributed by atoms with Gasteiger partial charge in [-0.05, 0) is 50.8 Å². The Hall–Kier alpha value is -1.55. The van der Waals surface area contributed by atoms with Gasteiger partial charge in [0.1, 0.15) is 5.75 Å². The van der Waals surface area contributed by atoms with E-state index in [0.717, 1.165) is 23.3 Å². The first-order chi connectivity index (χ1) is 9.40.